The van der Waals surface area contributed by atoms with Crippen LogP contribution in [0.2, 0.25) is 0 Å². The number of sulfonamides is 1. The van der Waals surface area contributed by atoms with Crippen LogP contribution in [0.5, 0.6) is 0 Å². The first-order valence-electron chi connectivity index (χ1n) is 9.89. The average molecular weight is 451 g/mol. The van der Waals surface area contributed by atoms with E-state index in [1.165, 1.54) is 28.6 Å². The summed E-state index contributed by atoms with van der Waals surface area (Å²) in [6, 6.07) is 9.32. The number of halogens is 2. The highest BCUT2D eigenvalue weighted by atomic mass is 32.2. The highest BCUT2D eigenvalue weighted by Crippen LogP contribution is 2.27. The van der Waals surface area contributed by atoms with Gasteiger partial charge < -0.3 is 10.6 Å². The number of piperidine rings is 1. The van der Waals surface area contributed by atoms with Crippen LogP contribution >= 0.6 is 0 Å². The lowest BCUT2D eigenvalue weighted by atomic mass is 10.0. The number of amides is 2. The van der Waals surface area contributed by atoms with Gasteiger partial charge >= 0.3 is 11.8 Å². The maximum Gasteiger partial charge on any atom is 0.313 e. The fourth-order valence-corrected chi connectivity index (χ4v) is 5.20. The molecular formula is C21H23F2N3O4S. The van der Waals surface area contributed by atoms with Gasteiger partial charge in [0.15, 0.2) is 0 Å². The smallest absolute Gasteiger partial charge is 0.313 e. The first-order chi connectivity index (χ1) is 14.8. The lowest BCUT2D eigenvalue weighted by Gasteiger charge is -2.34. The summed E-state index contributed by atoms with van der Waals surface area (Å²) in [5, 5.41) is 4.85. The molecule has 1 saturated heterocycles. The van der Waals surface area contributed by atoms with Crippen molar-refractivity contribution in [3.63, 3.8) is 0 Å². The molecule has 0 saturated carbocycles. The molecule has 0 unspecified atom stereocenters. The Morgan fingerprint density at radius 1 is 0.935 bits per heavy atom. The minimum atomic E-state index is -3.80. The molecule has 2 N–H and O–H groups in total. The van der Waals surface area contributed by atoms with Gasteiger partial charge in [-0.1, -0.05) is 6.42 Å². The molecule has 1 heterocycles. The second-order valence-corrected chi connectivity index (χ2v) is 9.12. The van der Waals surface area contributed by atoms with Gasteiger partial charge in [0.25, 0.3) is 0 Å². The molecule has 10 heteroatoms. The Bertz CT molecular complexity index is 1030. The summed E-state index contributed by atoms with van der Waals surface area (Å²) in [4.78, 5) is 24.0. The Morgan fingerprint density at radius 3 is 2.19 bits per heavy atom. The minimum Gasteiger partial charge on any atom is -0.348 e. The maximum absolute atomic E-state index is 13.2. The van der Waals surface area contributed by atoms with Gasteiger partial charge in [0.05, 0.1) is 4.90 Å². The summed E-state index contributed by atoms with van der Waals surface area (Å²) in [5.41, 5.74) is 0.283. The monoisotopic (exact) mass is 451 g/mol. The van der Waals surface area contributed by atoms with Crippen molar-refractivity contribution in [2.75, 3.05) is 18.4 Å². The second kappa shape index (κ2) is 9.97. The Kier molecular flexibility index (Phi) is 7.34. The van der Waals surface area contributed by atoms with Crippen molar-refractivity contribution >= 4 is 27.5 Å². The zero-order valence-electron chi connectivity index (χ0n) is 16.7. The molecular weight excluding hydrogens is 428 g/mol. The van der Waals surface area contributed by atoms with Gasteiger partial charge in [-0.15, -0.1) is 0 Å². The lowest BCUT2D eigenvalue weighted by Crippen LogP contribution is -2.45. The van der Waals surface area contributed by atoms with E-state index in [9.17, 15) is 26.8 Å². The number of rotatable bonds is 6. The van der Waals surface area contributed by atoms with Gasteiger partial charge in [-0.25, -0.2) is 17.2 Å². The number of nitrogens with zero attached hydrogens (tertiary/aromatic N) is 1. The summed E-state index contributed by atoms with van der Waals surface area (Å²) in [6.07, 6.45) is 2.51. The molecule has 3 rings (SSSR count). The Hall–Kier alpha value is -2.85. The molecule has 1 aliphatic heterocycles. The van der Waals surface area contributed by atoms with E-state index in [2.05, 4.69) is 10.6 Å². The van der Waals surface area contributed by atoms with Crippen LogP contribution < -0.4 is 10.6 Å². The number of carbonyl (C=O) groups excluding carboxylic acids is 2. The van der Waals surface area contributed by atoms with Crippen LogP contribution in [0.4, 0.5) is 14.5 Å². The largest absolute Gasteiger partial charge is 0.348 e. The third-order valence-electron chi connectivity index (χ3n) is 5.06. The summed E-state index contributed by atoms with van der Waals surface area (Å²) in [5.74, 6) is -2.75. The van der Waals surface area contributed by atoms with Gasteiger partial charge in [0.1, 0.15) is 11.6 Å². The topological polar surface area (TPSA) is 95.6 Å². The number of hydrogen-bond acceptors (Lipinski definition) is 4. The summed E-state index contributed by atoms with van der Waals surface area (Å²) < 4.78 is 53.4. The zero-order valence-corrected chi connectivity index (χ0v) is 17.5. The maximum atomic E-state index is 13.2. The van der Waals surface area contributed by atoms with Crippen molar-refractivity contribution < 1.29 is 26.8 Å². The van der Waals surface area contributed by atoms with Crippen LogP contribution in [0.1, 0.15) is 25.7 Å². The van der Waals surface area contributed by atoms with Crippen LogP contribution in [-0.4, -0.2) is 43.7 Å². The van der Waals surface area contributed by atoms with Crippen LogP contribution in [0, 0.1) is 11.6 Å². The predicted molar refractivity (Wildman–Crippen MR) is 111 cm³/mol. The van der Waals surface area contributed by atoms with Crippen molar-refractivity contribution in [1.82, 2.24) is 9.62 Å². The van der Waals surface area contributed by atoms with Crippen molar-refractivity contribution in [2.24, 2.45) is 0 Å². The fraction of sp³-hybridized carbons (Fsp3) is 0.333. The Morgan fingerprint density at radius 2 is 1.55 bits per heavy atom. The number of benzene rings is 2. The fourth-order valence-electron chi connectivity index (χ4n) is 3.47. The normalized spacial score (nSPS) is 17.2. The molecule has 7 nitrogen and oxygen atoms in total. The van der Waals surface area contributed by atoms with E-state index >= 15 is 0 Å². The van der Waals surface area contributed by atoms with Crippen molar-refractivity contribution in [1.29, 1.82) is 0 Å². The van der Waals surface area contributed by atoms with Gasteiger partial charge in [0, 0.05) is 24.8 Å². The van der Waals surface area contributed by atoms with Gasteiger partial charge in [-0.2, -0.15) is 4.31 Å². The first-order valence-corrected chi connectivity index (χ1v) is 11.3. The van der Waals surface area contributed by atoms with E-state index in [1.807, 2.05) is 0 Å². The summed E-state index contributed by atoms with van der Waals surface area (Å²) in [6.45, 7) is 0.444. The third-order valence-corrected chi connectivity index (χ3v) is 7.03. The van der Waals surface area contributed by atoms with Crippen LogP contribution in [0.3, 0.4) is 0 Å². The lowest BCUT2D eigenvalue weighted by molar-refractivity contribution is -0.136. The van der Waals surface area contributed by atoms with Crippen molar-refractivity contribution in [3.8, 4) is 0 Å². The molecule has 0 spiro atoms. The molecule has 2 amide bonds. The van der Waals surface area contributed by atoms with Crippen molar-refractivity contribution in [2.45, 2.75) is 36.6 Å². The SMILES string of the molecule is O=C(NCC[C@@H]1CCCCN1S(=O)(=O)c1ccc(F)cc1)C(=O)Nc1ccc(F)cc1. The first kappa shape index (κ1) is 22.8. The van der Waals surface area contributed by atoms with E-state index in [0.717, 1.165) is 30.7 Å². The van der Waals surface area contributed by atoms with E-state index in [-0.39, 0.29) is 23.2 Å². The molecule has 2 aromatic rings. The molecule has 1 aliphatic rings. The van der Waals surface area contributed by atoms with E-state index in [1.54, 1.807) is 0 Å². The van der Waals surface area contributed by atoms with Crippen molar-refractivity contribution in [3.05, 3.63) is 60.2 Å². The van der Waals surface area contributed by atoms with Gasteiger partial charge in [0.2, 0.25) is 10.0 Å². The van der Waals surface area contributed by atoms with Gasteiger partial charge in [-0.3, -0.25) is 9.59 Å². The molecule has 1 fully saturated rings. The molecule has 0 aliphatic carbocycles. The minimum absolute atomic E-state index is 0.0171. The van der Waals surface area contributed by atoms with E-state index in [4.69, 9.17) is 0 Å². The van der Waals surface area contributed by atoms with Gasteiger partial charge in [-0.05, 0) is 67.8 Å². The molecule has 1 atom stereocenters. The number of nitrogens with one attached hydrogen (secondary N) is 2. The zero-order chi connectivity index (χ0) is 22.4. The average Bonchev–Trinajstić information content (AvgIpc) is 2.76. The summed E-state index contributed by atoms with van der Waals surface area (Å²) in [7, 11) is -3.80. The standard InChI is InChI=1S/C21H23F2N3O4S/c22-15-4-8-17(9-5-15)25-21(28)20(27)24-13-12-18-3-1-2-14-26(18)31(29,30)19-10-6-16(23)7-11-19/h4-11,18H,1-3,12-14H2,(H,24,27)(H,25,28)/t18-/m0/s1. The molecule has 0 aromatic heterocycles. The Balaban J connectivity index is 1.56. The van der Waals surface area contributed by atoms with E-state index in [0.29, 0.717) is 25.8 Å². The van der Waals surface area contributed by atoms with Crippen LogP contribution in [-0.2, 0) is 19.6 Å². The highest BCUT2D eigenvalue weighted by molar-refractivity contribution is 7.89. The molecule has 166 valence electrons. The van der Waals surface area contributed by atoms with Crippen LogP contribution in [0.25, 0.3) is 0 Å². The molecule has 31 heavy (non-hydrogen) atoms. The highest BCUT2D eigenvalue weighted by Gasteiger charge is 2.33. The summed E-state index contributed by atoms with van der Waals surface area (Å²) >= 11 is 0. The third kappa shape index (κ3) is 5.86. The predicted octanol–water partition coefficient (Wildman–Crippen LogP) is 2.65. The number of hydrogen-bond donors (Lipinski definition) is 2. The second-order valence-electron chi connectivity index (χ2n) is 7.22. The molecule has 0 radical (unpaired) electrons. The Labute approximate surface area is 179 Å². The molecule has 0 bridgehead atoms. The quantitative estimate of drug-likeness (QED) is 0.660. The number of anilines is 1. The number of carbonyl (C=O) groups is 2. The van der Waals surface area contributed by atoms with Crippen LogP contribution in [0.15, 0.2) is 53.4 Å². The molecule has 2 aromatic carbocycles. The van der Waals surface area contributed by atoms with E-state index < -0.39 is 33.5 Å².